The van der Waals surface area contributed by atoms with Gasteiger partial charge in [0.15, 0.2) is 0 Å². The molecule has 0 unspecified atom stereocenters. The first-order chi connectivity index (χ1) is 15.1. The van der Waals surface area contributed by atoms with Crippen molar-refractivity contribution < 1.29 is 4.79 Å². The standard InChI is InChI=1S/C25H33N3O.C2H6/c1-4-5-8-21(20(15-26)17-28-13-14-29)22-9-6-7-10-23(22)25-19(3)12-11-18(2)24(25)16-27;1-2/h8,11-12,14-17,27H,4-7,9-10,13,26H2,1-3H3;1-2H3/b20-15+,21-8+,27-16?,28-17?;. The third-order valence-corrected chi connectivity index (χ3v) is 5.45. The first-order valence-corrected chi connectivity index (χ1v) is 11.5. The Bertz CT molecular complexity index is 873. The van der Waals surface area contributed by atoms with E-state index in [1.807, 2.05) is 13.8 Å². The summed E-state index contributed by atoms with van der Waals surface area (Å²) in [7, 11) is 0. The molecule has 2 rings (SSSR count). The second kappa shape index (κ2) is 14.3. The number of aliphatic imine (C=N–C) groups is 1. The average molecular weight is 422 g/mol. The number of nitrogens with zero attached hydrogens (tertiary/aromatic N) is 1. The lowest BCUT2D eigenvalue weighted by Crippen LogP contribution is -2.09. The van der Waals surface area contributed by atoms with E-state index in [0.29, 0.717) is 0 Å². The Kier molecular flexibility index (Phi) is 12.1. The summed E-state index contributed by atoms with van der Waals surface area (Å²) in [5.41, 5.74) is 15.1. The predicted octanol–water partition coefficient (Wildman–Crippen LogP) is 6.49. The van der Waals surface area contributed by atoms with Crippen molar-refractivity contribution in [3.8, 4) is 0 Å². The average Bonchev–Trinajstić information content (AvgIpc) is 2.81. The molecule has 31 heavy (non-hydrogen) atoms. The fraction of sp³-hybridized carbons (Fsp3) is 0.444. The number of benzene rings is 1. The van der Waals surface area contributed by atoms with Crippen molar-refractivity contribution in [2.24, 2.45) is 10.7 Å². The van der Waals surface area contributed by atoms with Crippen molar-refractivity contribution in [1.82, 2.24) is 0 Å². The zero-order valence-electron chi connectivity index (χ0n) is 19.9. The third kappa shape index (κ3) is 6.88. The van der Waals surface area contributed by atoms with Gasteiger partial charge in [0.05, 0.1) is 6.54 Å². The second-order valence-corrected chi connectivity index (χ2v) is 7.49. The topological polar surface area (TPSA) is 79.3 Å². The van der Waals surface area contributed by atoms with Gasteiger partial charge >= 0.3 is 0 Å². The van der Waals surface area contributed by atoms with E-state index < -0.39 is 0 Å². The Morgan fingerprint density at radius 2 is 1.84 bits per heavy atom. The zero-order valence-corrected chi connectivity index (χ0v) is 19.9. The first kappa shape index (κ1) is 26.3. The maximum Gasteiger partial charge on any atom is 0.141 e. The summed E-state index contributed by atoms with van der Waals surface area (Å²) < 4.78 is 0. The lowest BCUT2D eigenvalue weighted by atomic mass is 9.78. The highest BCUT2D eigenvalue weighted by atomic mass is 16.1. The molecule has 4 heteroatoms. The number of carbonyl (C=O) groups excluding carboxylic acids is 1. The Morgan fingerprint density at radius 3 is 2.45 bits per heavy atom. The fourth-order valence-electron chi connectivity index (χ4n) is 4.00. The number of rotatable bonds is 9. The minimum absolute atomic E-state index is 0.138. The molecule has 168 valence electrons. The molecule has 1 aliphatic carbocycles. The first-order valence-electron chi connectivity index (χ1n) is 11.5. The number of hydrogen-bond donors (Lipinski definition) is 2. The van der Waals surface area contributed by atoms with Crippen molar-refractivity contribution in [2.75, 3.05) is 6.54 Å². The van der Waals surface area contributed by atoms with Gasteiger partial charge < -0.3 is 15.9 Å². The van der Waals surface area contributed by atoms with Gasteiger partial charge in [-0.25, -0.2) is 0 Å². The molecule has 0 spiro atoms. The van der Waals surface area contributed by atoms with Gasteiger partial charge in [0.25, 0.3) is 0 Å². The predicted molar refractivity (Wildman–Crippen MR) is 135 cm³/mol. The summed E-state index contributed by atoms with van der Waals surface area (Å²) in [6.45, 7) is 10.5. The van der Waals surface area contributed by atoms with Crippen LogP contribution in [0.5, 0.6) is 0 Å². The molecule has 4 nitrogen and oxygen atoms in total. The van der Waals surface area contributed by atoms with Crippen LogP contribution in [0.25, 0.3) is 5.57 Å². The molecule has 1 aliphatic rings. The molecule has 0 heterocycles. The minimum atomic E-state index is 0.138. The van der Waals surface area contributed by atoms with Crippen molar-refractivity contribution in [1.29, 1.82) is 5.41 Å². The minimum Gasteiger partial charge on any atom is -0.404 e. The summed E-state index contributed by atoms with van der Waals surface area (Å²) in [6, 6.07) is 4.24. The van der Waals surface area contributed by atoms with Crippen molar-refractivity contribution in [2.45, 2.75) is 73.1 Å². The number of allylic oxidation sites excluding steroid dienone is 5. The molecule has 0 radical (unpaired) electrons. The number of nitrogens with two attached hydrogens (primary N) is 1. The molecule has 1 aromatic carbocycles. The van der Waals surface area contributed by atoms with Gasteiger partial charge in [-0.3, -0.25) is 4.99 Å². The Hall–Kier alpha value is -2.75. The lowest BCUT2D eigenvalue weighted by molar-refractivity contribution is -0.106. The number of aryl methyl sites for hydroxylation is 2. The molecule has 0 amide bonds. The highest BCUT2D eigenvalue weighted by molar-refractivity contribution is 5.94. The van der Waals surface area contributed by atoms with Crippen LogP contribution in [-0.4, -0.2) is 25.3 Å². The largest absolute Gasteiger partial charge is 0.404 e. The van der Waals surface area contributed by atoms with Crippen LogP contribution >= 0.6 is 0 Å². The van der Waals surface area contributed by atoms with Gasteiger partial charge in [-0.1, -0.05) is 45.4 Å². The van der Waals surface area contributed by atoms with Crippen LogP contribution in [-0.2, 0) is 4.79 Å². The molecular weight excluding hydrogens is 382 g/mol. The van der Waals surface area contributed by atoms with Gasteiger partial charge in [-0.05, 0) is 79.4 Å². The highest BCUT2D eigenvalue weighted by Gasteiger charge is 2.22. The third-order valence-electron chi connectivity index (χ3n) is 5.45. The number of nitrogens with one attached hydrogen (secondary N) is 1. The van der Waals surface area contributed by atoms with Crippen molar-refractivity contribution in [3.05, 3.63) is 63.4 Å². The van der Waals surface area contributed by atoms with Gasteiger partial charge in [0.2, 0.25) is 0 Å². The molecule has 0 aromatic heterocycles. The van der Waals surface area contributed by atoms with Gasteiger partial charge in [0.1, 0.15) is 6.29 Å². The van der Waals surface area contributed by atoms with E-state index in [2.05, 4.69) is 44.0 Å². The maximum absolute atomic E-state index is 10.7. The van der Waals surface area contributed by atoms with E-state index in [0.717, 1.165) is 67.1 Å². The van der Waals surface area contributed by atoms with Crippen molar-refractivity contribution >= 4 is 24.3 Å². The number of hydrogen-bond acceptors (Lipinski definition) is 4. The zero-order chi connectivity index (χ0) is 23.2. The number of aldehydes is 1. The molecular formula is C27H39N3O. The number of carbonyl (C=O) groups is 1. The molecule has 3 N–H and O–H groups in total. The van der Waals surface area contributed by atoms with E-state index >= 15 is 0 Å². The Labute approximate surface area is 188 Å². The molecule has 0 bridgehead atoms. The quantitative estimate of drug-likeness (QED) is 0.271. The summed E-state index contributed by atoms with van der Waals surface area (Å²) in [5.74, 6) is 0. The normalized spacial score (nSPS) is 15.0. The molecule has 0 fully saturated rings. The smallest absolute Gasteiger partial charge is 0.141 e. The van der Waals surface area contributed by atoms with E-state index in [1.165, 1.54) is 28.5 Å². The van der Waals surface area contributed by atoms with Crippen LogP contribution in [0.1, 0.15) is 81.5 Å². The maximum atomic E-state index is 10.7. The fourth-order valence-corrected chi connectivity index (χ4v) is 4.00. The Morgan fingerprint density at radius 1 is 1.16 bits per heavy atom. The van der Waals surface area contributed by atoms with Crippen molar-refractivity contribution in [3.63, 3.8) is 0 Å². The SMILES string of the molecule is CC.CCC/C=C(C1=C(c2c(C)ccc(C)c2C=N)CCCC1)\C(C=NCC=O)=C\N. The van der Waals surface area contributed by atoms with Crippen LogP contribution < -0.4 is 5.73 Å². The second-order valence-electron chi connectivity index (χ2n) is 7.49. The summed E-state index contributed by atoms with van der Waals surface area (Å²) in [4.78, 5) is 14.9. The highest BCUT2D eigenvalue weighted by Crippen LogP contribution is 2.40. The van der Waals surface area contributed by atoms with E-state index in [4.69, 9.17) is 11.1 Å². The Balaban J connectivity index is 0.00000233. The molecule has 0 aliphatic heterocycles. The molecule has 0 atom stereocenters. The van der Waals surface area contributed by atoms with Gasteiger partial charge in [-0.2, -0.15) is 0 Å². The van der Waals surface area contributed by atoms with Crippen LogP contribution in [0.15, 0.2) is 46.1 Å². The molecule has 1 aromatic rings. The lowest BCUT2D eigenvalue weighted by Gasteiger charge is -2.26. The van der Waals surface area contributed by atoms with Gasteiger partial charge in [-0.15, -0.1) is 0 Å². The van der Waals surface area contributed by atoms with Gasteiger partial charge in [0, 0.05) is 29.8 Å². The van der Waals surface area contributed by atoms with Crippen LogP contribution in [0.2, 0.25) is 0 Å². The van der Waals surface area contributed by atoms with E-state index in [9.17, 15) is 4.79 Å². The molecule has 0 saturated carbocycles. The summed E-state index contributed by atoms with van der Waals surface area (Å²) in [6.07, 6.45) is 14.1. The number of unbranched alkanes of at least 4 members (excludes halogenated alkanes) is 1. The molecule has 0 saturated heterocycles. The van der Waals surface area contributed by atoms with Crippen LogP contribution in [0, 0.1) is 19.3 Å². The monoisotopic (exact) mass is 421 g/mol. The van der Waals surface area contributed by atoms with E-state index in [-0.39, 0.29) is 6.54 Å². The summed E-state index contributed by atoms with van der Waals surface area (Å²) in [5, 5.41) is 8.01. The van der Waals surface area contributed by atoms with Crippen LogP contribution in [0.4, 0.5) is 0 Å². The summed E-state index contributed by atoms with van der Waals surface area (Å²) >= 11 is 0. The van der Waals surface area contributed by atoms with Crippen LogP contribution in [0.3, 0.4) is 0 Å². The van der Waals surface area contributed by atoms with E-state index in [1.54, 1.807) is 12.4 Å².